The number of carbonyl (C=O) groups excluding carboxylic acids is 1. The number of methoxy groups -OCH3 is 1. The first-order chi connectivity index (χ1) is 20.4. The molecule has 0 saturated carbocycles. The summed E-state index contributed by atoms with van der Waals surface area (Å²) >= 11 is 0. The van der Waals surface area contributed by atoms with Crippen molar-refractivity contribution in [2.75, 3.05) is 13.7 Å². The first-order valence-corrected chi connectivity index (χ1v) is 14.9. The van der Waals surface area contributed by atoms with Gasteiger partial charge in [0.25, 0.3) is 0 Å². The van der Waals surface area contributed by atoms with Crippen molar-refractivity contribution in [1.82, 2.24) is 15.0 Å². The third kappa shape index (κ3) is 8.17. The molecular weight excluding hydrogens is 530 g/mol. The lowest BCUT2D eigenvalue weighted by molar-refractivity contribution is -0.139. The zero-order valence-electron chi connectivity index (χ0n) is 25.2. The van der Waals surface area contributed by atoms with Gasteiger partial charge in [-0.3, -0.25) is 4.79 Å². The number of esters is 1. The maximum atomic E-state index is 13.2. The second kappa shape index (κ2) is 15.5. The van der Waals surface area contributed by atoms with Gasteiger partial charge in [-0.15, -0.1) is 5.10 Å². The highest BCUT2D eigenvalue weighted by Gasteiger charge is 2.22. The molecule has 0 saturated heterocycles. The molecule has 1 unspecified atom stereocenters. The lowest BCUT2D eigenvalue weighted by Gasteiger charge is -2.17. The number of ether oxygens (including phenoxy) is 3. The van der Waals surface area contributed by atoms with Crippen molar-refractivity contribution in [2.24, 2.45) is 5.92 Å². The Morgan fingerprint density at radius 3 is 2.48 bits per heavy atom. The zero-order chi connectivity index (χ0) is 29.9. The van der Waals surface area contributed by atoms with Crippen LogP contribution in [0.2, 0.25) is 0 Å². The molecule has 0 amide bonds. The molecule has 0 aliphatic rings. The number of rotatable bonds is 16. The second-order valence-electron chi connectivity index (χ2n) is 10.8. The molecule has 224 valence electrons. The van der Waals surface area contributed by atoms with Crippen LogP contribution < -0.4 is 9.47 Å². The van der Waals surface area contributed by atoms with Gasteiger partial charge >= 0.3 is 5.97 Å². The highest BCUT2D eigenvalue weighted by Crippen LogP contribution is 2.29. The summed E-state index contributed by atoms with van der Waals surface area (Å²) in [6, 6.07) is 19.7. The number of fused-ring (bicyclic) bond motifs is 1. The van der Waals surface area contributed by atoms with Crippen LogP contribution in [0.3, 0.4) is 0 Å². The minimum absolute atomic E-state index is 0.283. The van der Waals surface area contributed by atoms with Crippen molar-refractivity contribution in [3.05, 3.63) is 82.9 Å². The van der Waals surface area contributed by atoms with Crippen LogP contribution in [0.4, 0.5) is 0 Å². The Bertz CT molecular complexity index is 1430. The van der Waals surface area contributed by atoms with Gasteiger partial charge < -0.3 is 19.3 Å². The molecule has 1 aromatic heterocycles. The fourth-order valence-corrected chi connectivity index (χ4v) is 5.12. The van der Waals surface area contributed by atoms with Crippen LogP contribution in [-0.4, -0.2) is 39.8 Å². The molecule has 8 nitrogen and oxygen atoms in total. The zero-order valence-corrected chi connectivity index (χ0v) is 25.2. The second-order valence-corrected chi connectivity index (χ2v) is 10.8. The van der Waals surface area contributed by atoms with E-state index in [4.69, 9.17) is 14.2 Å². The largest absolute Gasteiger partial charge is 0.496 e. The van der Waals surface area contributed by atoms with Crippen LogP contribution in [0.5, 0.6) is 11.5 Å². The Morgan fingerprint density at radius 2 is 1.74 bits per heavy atom. The molecule has 4 aromatic rings. The van der Waals surface area contributed by atoms with E-state index in [1.807, 2.05) is 67.1 Å². The van der Waals surface area contributed by atoms with Crippen molar-refractivity contribution < 1.29 is 24.1 Å². The summed E-state index contributed by atoms with van der Waals surface area (Å²) in [5.41, 5.74) is 5.35. The number of aliphatic hydroxyl groups is 1. The van der Waals surface area contributed by atoms with Crippen molar-refractivity contribution in [3.63, 3.8) is 0 Å². The Morgan fingerprint density at radius 1 is 0.976 bits per heavy atom. The Labute approximate surface area is 248 Å². The third-order valence-electron chi connectivity index (χ3n) is 7.67. The van der Waals surface area contributed by atoms with Gasteiger partial charge in [0.05, 0.1) is 31.3 Å². The van der Waals surface area contributed by atoms with Gasteiger partial charge in [0, 0.05) is 24.3 Å². The molecule has 0 spiro atoms. The predicted octanol–water partition coefficient (Wildman–Crippen LogP) is 6.75. The highest BCUT2D eigenvalue weighted by molar-refractivity contribution is 5.83. The SMILES string of the molecule is CCC(Cc1ccc(OC)c([C@H](C)O)c1)C(=O)Oc1ccc2c(nnn2CCCCCCOCc2ccccc2)c1C. The van der Waals surface area contributed by atoms with Gasteiger partial charge in [-0.05, 0) is 74.9 Å². The number of carbonyl (C=O) groups is 1. The summed E-state index contributed by atoms with van der Waals surface area (Å²) in [4.78, 5) is 13.2. The number of hydrogen-bond acceptors (Lipinski definition) is 7. The summed E-state index contributed by atoms with van der Waals surface area (Å²) < 4.78 is 18.9. The summed E-state index contributed by atoms with van der Waals surface area (Å²) in [5, 5.41) is 18.9. The summed E-state index contributed by atoms with van der Waals surface area (Å²) in [5.74, 6) is 0.530. The molecule has 42 heavy (non-hydrogen) atoms. The van der Waals surface area contributed by atoms with Gasteiger partial charge in [-0.2, -0.15) is 0 Å². The van der Waals surface area contributed by atoms with E-state index in [0.29, 0.717) is 36.5 Å². The maximum absolute atomic E-state index is 13.2. The van der Waals surface area contributed by atoms with Crippen LogP contribution in [0.1, 0.15) is 74.3 Å². The van der Waals surface area contributed by atoms with Gasteiger partial charge in [0.15, 0.2) is 0 Å². The maximum Gasteiger partial charge on any atom is 0.314 e. The lowest BCUT2D eigenvalue weighted by Crippen LogP contribution is -2.22. The van der Waals surface area contributed by atoms with Crippen molar-refractivity contribution in [2.45, 2.75) is 78.6 Å². The third-order valence-corrected chi connectivity index (χ3v) is 7.67. The molecule has 0 aliphatic heterocycles. The number of aryl methyl sites for hydroxylation is 2. The van der Waals surface area contributed by atoms with Gasteiger partial charge in [0.2, 0.25) is 0 Å². The van der Waals surface area contributed by atoms with Crippen molar-refractivity contribution in [1.29, 1.82) is 0 Å². The number of unbranched alkanes of at least 4 members (excludes halogenated alkanes) is 3. The standard InChI is InChI=1S/C34H43N3O5/c1-5-28(21-27-15-17-32(40-4)29(22-27)25(3)38)34(39)42-31-18-16-30-33(24(31)2)35-36-37(30)19-11-6-7-12-20-41-23-26-13-9-8-10-14-26/h8-10,13-18,22,25,28,38H,5-7,11-12,19-21,23H2,1-4H3/t25-,28?/m0/s1. The molecule has 0 radical (unpaired) electrons. The van der Waals surface area contributed by atoms with Crippen molar-refractivity contribution in [3.8, 4) is 11.5 Å². The fraction of sp³-hybridized carbons (Fsp3) is 0.441. The van der Waals surface area contributed by atoms with Gasteiger partial charge in [0.1, 0.15) is 17.0 Å². The van der Waals surface area contributed by atoms with Crippen LogP contribution in [0, 0.1) is 12.8 Å². The number of nitrogens with zero attached hydrogens (tertiary/aromatic N) is 3. The summed E-state index contributed by atoms with van der Waals surface area (Å²) in [7, 11) is 1.58. The fourth-order valence-electron chi connectivity index (χ4n) is 5.12. The van der Waals surface area contributed by atoms with Gasteiger partial charge in [-0.25, -0.2) is 4.68 Å². The Hall–Kier alpha value is -3.75. The highest BCUT2D eigenvalue weighted by atomic mass is 16.5. The van der Waals surface area contributed by atoms with E-state index in [-0.39, 0.29) is 11.9 Å². The molecule has 3 aromatic carbocycles. The van der Waals surface area contributed by atoms with E-state index in [0.717, 1.165) is 61.0 Å². The molecule has 0 fully saturated rings. The monoisotopic (exact) mass is 573 g/mol. The molecule has 8 heteroatoms. The van der Waals surface area contributed by atoms with E-state index >= 15 is 0 Å². The number of benzene rings is 3. The molecule has 2 atom stereocenters. The van der Waals surface area contributed by atoms with E-state index in [1.165, 1.54) is 5.56 Å². The van der Waals surface area contributed by atoms with E-state index < -0.39 is 6.10 Å². The predicted molar refractivity (Wildman–Crippen MR) is 164 cm³/mol. The van der Waals surface area contributed by atoms with Crippen LogP contribution in [0.15, 0.2) is 60.7 Å². The first-order valence-electron chi connectivity index (χ1n) is 14.9. The Balaban J connectivity index is 1.27. The van der Waals surface area contributed by atoms with Crippen molar-refractivity contribution >= 4 is 17.0 Å². The smallest absolute Gasteiger partial charge is 0.314 e. The molecule has 1 heterocycles. The molecule has 0 aliphatic carbocycles. The molecule has 4 rings (SSSR count). The minimum Gasteiger partial charge on any atom is -0.496 e. The van der Waals surface area contributed by atoms with Gasteiger partial charge in [-0.1, -0.05) is 61.4 Å². The Kier molecular flexibility index (Phi) is 11.5. The van der Waals surface area contributed by atoms with Crippen LogP contribution in [0.25, 0.3) is 11.0 Å². The number of aromatic nitrogens is 3. The lowest BCUT2D eigenvalue weighted by atomic mass is 9.94. The van der Waals surface area contributed by atoms with E-state index in [2.05, 4.69) is 22.4 Å². The summed E-state index contributed by atoms with van der Waals surface area (Å²) in [6.45, 7) is 7.81. The quantitative estimate of drug-likeness (QED) is 0.0899. The number of hydrogen-bond donors (Lipinski definition) is 1. The topological polar surface area (TPSA) is 95.7 Å². The first kappa shape index (κ1) is 31.2. The van der Waals surface area contributed by atoms with Crippen LogP contribution >= 0.6 is 0 Å². The normalized spacial score (nSPS) is 12.8. The number of aliphatic hydroxyl groups excluding tert-OH is 1. The average Bonchev–Trinajstić information content (AvgIpc) is 3.42. The van der Waals surface area contributed by atoms with Crippen LogP contribution in [-0.2, 0) is 29.1 Å². The van der Waals surface area contributed by atoms with E-state index in [9.17, 15) is 9.90 Å². The van der Waals surface area contributed by atoms with E-state index in [1.54, 1.807) is 14.0 Å². The molecular formula is C34H43N3O5. The summed E-state index contributed by atoms with van der Waals surface area (Å²) in [6.07, 6.45) is 4.72. The molecule has 0 bridgehead atoms. The minimum atomic E-state index is -0.667. The average molecular weight is 574 g/mol. The molecule has 1 N–H and O–H groups in total.